The van der Waals surface area contributed by atoms with Crippen LogP contribution in [0.1, 0.15) is 30.6 Å². The van der Waals surface area contributed by atoms with Gasteiger partial charge in [-0.3, -0.25) is 19.3 Å². The van der Waals surface area contributed by atoms with Gasteiger partial charge in [-0.25, -0.2) is 0 Å². The summed E-state index contributed by atoms with van der Waals surface area (Å²) in [6.45, 7) is 3.36. The van der Waals surface area contributed by atoms with E-state index in [1.807, 2.05) is 0 Å². The zero-order valence-corrected chi connectivity index (χ0v) is 11.1. The molecule has 1 aromatic rings. The maximum absolute atomic E-state index is 12.0. The van der Waals surface area contributed by atoms with Crippen molar-refractivity contribution in [2.75, 3.05) is 12.0 Å². The molecular formula is C14H15NO4. The first-order chi connectivity index (χ1) is 9.01. The fraction of sp³-hybridized carbons (Fsp3) is 0.357. The number of ketones is 2. The molecule has 1 aliphatic heterocycles. The Bertz CT molecular complexity index is 565. The fourth-order valence-electron chi connectivity index (χ4n) is 2.19. The number of carbonyl (C=O) groups is 3. The number of methoxy groups -OCH3 is 1. The Morgan fingerprint density at radius 1 is 1.37 bits per heavy atom. The number of Topliss-reactive ketones (excluding diaryl/α,β-unsaturated/α-hetero) is 2. The minimum absolute atomic E-state index is 0.0863. The molecule has 0 fully saturated rings. The summed E-state index contributed by atoms with van der Waals surface area (Å²) in [5.41, 5.74) is 0.769. The summed E-state index contributed by atoms with van der Waals surface area (Å²) in [4.78, 5) is 36.9. The highest BCUT2D eigenvalue weighted by Gasteiger charge is 2.40. The van der Waals surface area contributed by atoms with Crippen LogP contribution in [0.4, 0.5) is 5.69 Å². The van der Waals surface area contributed by atoms with Crippen molar-refractivity contribution in [1.82, 2.24) is 0 Å². The molecule has 0 saturated carbocycles. The molecule has 0 aromatic heterocycles. The van der Waals surface area contributed by atoms with Crippen molar-refractivity contribution < 1.29 is 19.1 Å². The average Bonchev–Trinajstić information content (AvgIpc) is 2.68. The molecule has 1 unspecified atom stereocenters. The van der Waals surface area contributed by atoms with Gasteiger partial charge < -0.3 is 4.74 Å². The lowest BCUT2D eigenvalue weighted by Crippen LogP contribution is -2.42. The van der Waals surface area contributed by atoms with Gasteiger partial charge in [0.15, 0.2) is 5.78 Å². The van der Waals surface area contributed by atoms with Crippen LogP contribution in [0.3, 0.4) is 0 Å². The van der Waals surface area contributed by atoms with Crippen LogP contribution in [0, 0.1) is 0 Å². The highest BCUT2D eigenvalue weighted by atomic mass is 16.5. The van der Waals surface area contributed by atoms with Gasteiger partial charge in [-0.1, -0.05) is 6.92 Å². The molecule has 2 rings (SSSR count). The van der Waals surface area contributed by atoms with Crippen molar-refractivity contribution in [2.45, 2.75) is 26.3 Å². The second-order valence-electron chi connectivity index (χ2n) is 4.38. The molecule has 0 aliphatic carbocycles. The zero-order chi connectivity index (χ0) is 14.2. The number of fused-ring (bicyclic) bond motifs is 1. The summed E-state index contributed by atoms with van der Waals surface area (Å²) >= 11 is 0. The molecule has 1 heterocycles. The number of nitrogens with zero attached hydrogens (tertiary/aromatic N) is 1. The van der Waals surface area contributed by atoms with Gasteiger partial charge in [0.1, 0.15) is 5.75 Å². The van der Waals surface area contributed by atoms with E-state index in [4.69, 9.17) is 4.74 Å². The van der Waals surface area contributed by atoms with Crippen LogP contribution < -0.4 is 9.64 Å². The molecule has 0 saturated heterocycles. The third-order valence-corrected chi connectivity index (χ3v) is 3.32. The quantitative estimate of drug-likeness (QED) is 0.772. The summed E-state index contributed by atoms with van der Waals surface area (Å²) in [6.07, 6.45) is 0.318. The Balaban J connectivity index is 2.50. The van der Waals surface area contributed by atoms with Gasteiger partial charge in [0.05, 0.1) is 24.4 Å². The Morgan fingerprint density at radius 2 is 2.05 bits per heavy atom. The van der Waals surface area contributed by atoms with Crippen molar-refractivity contribution in [1.29, 1.82) is 0 Å². The van der Waals surface area contributed by atoms with Gasteiger partial charge in [-0.15, -0.1) is 0 Å². The lowest BCUT2D eigenvalue weighted by Gasteiger charge is -2.23. The van der Waals surface area contributed by atoms with E-state index >= 15 is 0 Å². The Labute approximate surface area is 111 Å². The van der Waals surface area contributed by atoms with E-state index in [1.54, 1.807) is 32.0 Å². The number of amides is 1. The second kappa shape index (κ2) is 4.84. The molecule has 19 heavy (non-hydrogen) atoms. The van der Waals surface area contributed by atoms with Crippen molar-refractivity contribution in [3.63, 3.8) is 0 Å². The first-order valence-corrected chi connectivity index (χ1v) is 6.09. The predicted molar refractivity (Wildman–Crippen MR) is 69.6 cm³/mol. The molecule has 1 aromatic carbocycles. The predicted octanol–water partition coefficient (Wildman–Crippen LogP) is 1.59. The van der Waals surface area contributed by atoms with Crippen LogP contribution in [0.15, 0.2) is 18.2 Å². The molecule has 1 amide bonds. The molecule has 1 atom stereocenters. The van der Waals surface area contributed by atoms with E-state index in [9.17, 15) is 14.4 Å². The maximum atomic E-state index is 12.0. The van der Waals surface area contributed by atoms with Gasteiger partial charge in [-0.05, 0) is 19.1 Å². The van der Waals surface area contributed by atoms with Crippen LogP contribution >= 0.6 is 0 Å². The highest BCUT2D eigenvalue weighted by molar-refractivity contribution is 6.52. The van der Waals surface area contributed by atoms with E-state index in [0.29, 0.717) is 23.4 Å². The third-order valence-electron chi connectivity index (χ3n) is 3.32. The van der Waals surface area contributed by atoms with Crippen LogP contribution in [0.5, 0.6) is 5.75 Å². The molecule has 1 aliphatic rings. The molecular weight excluding hydrogens is 246 g/mol. The summed E-state index contributed by atoms with van der Waals surface area (Å²) in [6, 6.07) is 4.14. The number of anilines is 1. The third kappa shape index (κ3) is 2.01. The molecule has 0 bridgehead atoms. The minimum Gasteiger partial charge on any atom is -0.497 e. The summed E-state index contributed by atoms with van der Waals surface area (Å²) in [5, 5.41) is 0. The van der Waals surface area contributed by atoms with E-state index in [1.165, 1.54) is 12.0 Å². The summed E-state index contributed by atoms with van der Waals surface area (Å²) in [5.74, 6) is -0.773. The largest absolute Gasteiger partial charge is 0.497 e. The molecule has 100 valence electrons. The standard InChI is InChI=1S/C14H15NO4/c1-4-12(16)8(2)15-11-7-9(19-3)5-6-10(11)13(17)14(15)18/h5-8H,4H2,1-3H3. The van der Waals surface area contributed by atoms with Crippen LogP contribution in [-0.4, -0.2) is 30.6 Å². The van der Waals surface area contributed by atoms with Gasteiger partial charge in [0, 0.05) is 12.5 Å². The SMILES string of the molecule is CCC(=O)C(C)N1C(=O)C(=O)c2ccc(OC)cc21. The lowest BCUT2D eigenvalue weighted by molar-refractivity contribution is -0.122. The molecule has 5 heteroatoms. The van der Waals surface area contributed by atoms with E-state index in [0.717, 1.165) is 0 Å². The van der Waals surface area contributed by atoms with Crippen molar-refractivity contribution in [3.8, 4) is 5.75 Å². The van der Waals surface area contributed by atoms with Crippen molar-refractivity contribution in [2.24, 2.45) is 0 Å². The van der Waals surface area contributed by atoms with Gasteiger partial charge in [0.25, 0.3) is 11.7 Å². The normalized spacial score (nSPS) is 15.4. The second-order valence-corrected chi connectivity index (χ2v) is 4.38. The maximum Gasteiger partial charge on any atom is 0.300 e. The van der Waals surface area contributed by atoms with Crippen LogP contribution in [0.25, 0.3) is 0 Å². The Morgan fingerprint density at radius 3 is 2.63 bits per heavy atom. The Kier molecular flexibility index (Phi) is 3.38. The number of hydrogen-bond acceptors (Lipinski definition) is 4. The smallest absolute Gasteiger partial charge is 0.300 e. The van der Waals surface area contributed by atoms with Crippen LogP contribution in [-0.2, 0) is 9.59 Å². The van der Waals surface area contributed by atoms with Crippen molar-refractivity contribution in [3.05, 3.63) is 23.8 Å². The van der Waals surface area contributed by atoms with Gasteiger partial charge >= 0.3 is 0 Å². The number of hydrogen-bond donors (Lipinski definition) is 0. The summed E-state index contributed by atoms with van der Waals surface area (Å²) < 4.78 is 5.09. The topological polar surface area (TPSA) is 63.7 Å². The van der Waals surface area contributed by atoms with Gasteiger partial charge in [0.2, 0.25) is 0 Å². The number of rotatable bonds is 4. The Hall–Kier alpha value is -2.17. The zero-order valence-electron chi connectivity index (χ0n) is 11.1. The summed E-state index contributed by atoms with van der Waals surface area (Å²) in [7, 11) is 1.51. The number of ether oxygens (including phenoxy) is 1. The average molecular weight is 261 g/mol. The van der Waals surface area contributed by atoms with Crippen molar-refractivity contribution >= 4 is 23.2 Å². The minimum atomic E-state index is -0.655. The van der Waals surface area contributed by atoms with E-state index in [2.05, 4.69) is 0 Å². The number of benzene rings is 1. The fourth-order valence-corrected chi connectivity index (χ4v) is 2.19. The van der Waals surface area contributed by atoms with Gasteiger partial charge in [-0.2, -0.15) is 0 Å². The van der Waals surface area contributed by atoms with E-state index < -0.39 is 17.7 Å². The molecule has 0 spiro atoms. The molecule has 5 nitrogen and oxygen atoms in total. The van der Waals surface area contributed by atoms with Crippen LogP contribution in [0.2, 0.25) is 0 Å². The highest BCUT2D eigenvalue weighted by Crippen LogP contribution is 2.34. The first kappa shape index (κ1) is 13.3. The number of carbonyl (C=O) groups excluding carboxylic acids is 3. The monoisotopic (exact) mass is 261 g/mol. The molecule has 0 N–H and O–H groups in total. The van der Waals surface area contributed by atoms with E-state index in [-0.39, 0.29) is 5.78 Å². The first-order valence-electron chi connectivity index (χ1n) is 6.09. The lowest BCUT2D eigenvalue weighted by atomic mass is 10.1. The molecule has 0 radical (unpaired) electrons.